The Balaban J connectivity index is 2.16. The van der Waals surface area contributed by atoms with Gasteiger partial charge in [0.05, 0.1) is 0 Å². The van der Waals surface area contributed by atoms with Gasteiger partial charge in [0.2, 0.25) is 5.91 Å². The molecule has 5 heteroatoms. The summed E-state index contributed by atoms with van der Waals surface area (Å²) in [4.78, 5) is 25.1. The van der Waals surface area contributed by atoms with Crippen LogP contribution >= 0.6 is 0 Å². The minimum atomic E-state index is -0.484. The number of amides is 2. The van der Waals surface area contributed by atoms with Crippen molar-refractivity contribution in [3.05, 3.63) is 28.8 Å². The molecule has 2 amide bonds. The Morgan fingerprint density at radius 2 is 1.91 bits per heavy atom. The third-order valence-electron chi connectivity index (χ3n) is 3.52. The van der Waals surface area contributed by atoms with Crippen molar-refractivity contribution in [1.29, 1.82) is 0 Å². The van der Waals surface area contributed by atoms with Crippen molar-refractivity contribution in [2.75, 3.05) is 11.9 Å². The number of carbonyl (C=O) groups is 2. The van der Waals surface area contributed by atoms with E-state index in [9.17, 15) is 9.59 Å². The first kappa shape index (κ1) is 16.3. The van der Waals surface area contributed by atoms with Gasteiger partial charge in [-0.05, 0) is 56.9 Å². The molecule has 0 aromatic heterocycles. The molecule has 0 fully saturated rings. The quantitative estimate of drug-likeness (QED) is 0.866. The van der Waals surface area contributed by atoms with Gasteiger partial charge in [-0.1, -0.05) is 6.07 Å². The number of nitrogens with one attached hydrogen (secondary N) is 1. The fraction of sp³-hybridized carbons (Fsp3) is 0.529. The van der Waals surface area contributed by atoms with Crippen LogP contribution in [0.1, 0.15) is 44.4 Å². The minimum Gasteiger partial charge on any atom is -0.444 e. The normalized spacial score (nSPS) is 14.3. The van der Waals surface area contributed by atoms with Crippen LogP contribution in [0, 0.1) is 6.92 Å². The molecule has 1 aliphatic heterocycles. The molecule has 1 N–H and O–H groups in total. The Morgan fingerprint density at radius 3 is 2.50 bits per heavy atom. The zero-order chi connectivity index (χ0) is 16.5. The zero-order valence-electron chi connectivity index (χ0n) is 13.9. The van der Waals surface area contributed by atoms with Crippen LogP contribution in [0.3, 0.4) is 0 Å². The highest BCUT2D eigenvalue weighted by Crippen LogP contribution is 2.27. The number of nitrogens with zero attached hydrogens (tertiary/aromatic N) is 1. The number of hydrogen-bond acceptors (Lipinski definition) is 3. The van der Waals surface area contributed by atoms with Crippen molar-refractivity contribution in [3.63, 3.8) is 0 Å². The molecule has 2 rings (SSSR count). The molecular formula is C17H24N2O3. The van der Waals surface area contributed by atoms with Crippen LogP contribution in [0.5, 0.6) is 0 Å². The predicted molar refractivity (Wildman–Crippen MR) is 85.8 cm³/mol. The number of hydrogen-bond donors (Lipinski definition) is 1. The van der Waals surface area contributed by atoms with E-state index >= 15 is 0 Å². The minimum absolute atomic E-state index is 0.0748. The SMILES string of the molecule is CC(=O)Nc1cc2c(cc1C)CN(C(=O)OC(C)(C)C)CC2. The summed E-state index contributed by atoms with van der Waals surface area (Å²) in [6.07, 6.45) is 0.489. The van der Waals surface area contributed by atoms with Crippen molar-refractivity contribution in [3.8, 4) is 0 Å². The molecule has 0 unspecified atom stereocenters. The van der Waals surface area contributed by atoms with Crippen LogP contribution in [-0.4, -0.2) is 29.0 Å². The number of benzene rings is 1. The highest BCUT2D eigenvalue weighted by Gasteiger charge is 2.26. The van der Waals surface area contributed by atoms with Crippen molar-refractivity contribution in [1.82, 2.24) is 4.90 Å². The number of carbonyl (C=O) groups excluding carboxylic acids is 2. The number of anilines is 1. The summed E-state index contributed by atoms with van der Waals surface area (Å²) in [5.74, 6) is -0.0748. The van der Waals surface area contributed by atoms with Gasteiger partial charge in [-0.25, -0.2) is 4.79 Å². The second kappa shape index (κ2) is 5.99. The molecule has 0 radical (unpaired) electrons. The molecule has 0 bridgehead atoms. The van der Waals surface area contributed by atoms with E-state index in [2.05, 4.69) is 5.32 Å². The van der Waals surface area contributed by atoms with Crippen LogP contribution in [0.2, 0.25) is 0 Å². The fourth-order valence-corrected chi connectivity index (χ4v) is 2.54. The maximum absolute atomic E-state index is 12.2. The monoisotopic (exact) mass is 304 g/mol. The van der Waals surface area contributed by atoms with Gasteiger partial charge in [0.15, 0.2) is 0 Å². The molecule has 22 heavy (non-hydrogen) atoms. The van der Waals surface area contributed by atoms with Gasteiger partial charge in [-0.15, -0.1) is 0 Å². The first-order valence-corrected chi connectivity index (χ1v) is 7.53. The largest absolute Gasteiger partial charge is 0.444 e. The maximum Gasteiger partial charge on any atom is 0.410 e. The summed E-state index contributed by atoms with van der Waals surface area (Å²) in [7, 11) is 0. The van der Waals surface area contributed by atoms with E-state index in [1.807, 2.05) is 39.8 Å². The first-order valence-electron chi connectivity index (χ1n) is 7.53. The van der Waals surface area contributed by atoms with Gasteiger partial charge < -0.3 is 15.0 Å². The Bertz CT molecular complexity index is 603. The Morgan fingerprint density at radius 1 is 1.23 bits per heavy atom. The van der Waals surface area contributed by atoms with Crippen molar-refractivity contribution >= 4 is 17.7 Å². The molecule has 120 valence electrons. The lowest BCUT2D eigenvalue weighted by Gasteiger charge is -2.31. The van der Waals surface area contributed by atoms with Gasteiger partial charge in [0, 0.05) is 25.7 Å². The summed E-state index contributed by atoms with van der Waals surface area (Å²) in [5.41, 5.74) is 3.65. The van der Waals surface area contributed by atoms with Crippen molar-refractivity contribution in [2.24, 2.45) is 0 Å². The molecule has 0 aliphatic carbocycles. The smallest absolute Gasteiger partial charge is 0.410 e. The third-order valence-corrected chi connectivity index (χ3v) is 3.52. The van der Waals surface area contributed by atoms with Gasteiger partial charge in [-0.2, -0.15) is 0 Å². The molecule has 1 aromatic rings. The van der Waals surface area contributed by atoms with E-state index in [4.69, 9.17) is 4.74 Å². The maximum atomic E-state index is 12.2. The summed E-state index contributed by atoms with van der Waals surface area (Å²) in [6, 6.07) is 4.05. The molecule has 0 saturated carbocycles. The molecule has 0 saturated heterocycles. The fourth-order valence-electron chi connectivity index (χ4n) is 2.54. The number of ether oxygens (including phenoxy) is 1. The van der Waals surface area contributed by atoms with E-state index in [0.717, 1.165) is 23.2 Å². The highest BCUT2D eigenvalue weighted by molar-refractivity contribution is 5.89. The van der Waals surface area contributed by atoms with Crippen LogP contribution in [0.15, 0.2) is 12.1 Å². The topological polar surface area (TPSA) is 58.6 Å². The molecule has 1 aromatic carbocycles. The summed E-state index contributed by atoms with van der Waals surface area (Å²) in [6.45, 7) is 10.2. The second-order valence-electron chi connectivity index (χ2n) is 6.77. The molecule has 0 spiro atoms. The lowest BCUT2D eigenvalue weighted by molar-refractivity contribution is -0.114. The third kappa shape index (κ3) is 4.00. The van der Waals surface area contributed by atoms with Crippen molar-refractivity contribution < 1.29 is 14.3 Å². The van der Waals surface area contributed by atoms with E-state index in [-0.39, 0.29) is 12.0 Å². The second-order valence-corrected chi connectivity index (χ2v) is 6.77. The number of fused-ring (bicyclic) bond motifs is 1. The average molecular weight is 304 g/mol. The van der Waals surface area contributed by atoms with E-state index in [1.165, 1.54) is 12.5 Å². The lowest BCUT2D eigenvalue weighted by atomic mass is 9.96. The molecule has 0 atom stereocenters. The Labute approximate surface area is 131 Å². The highest BCUT2D eigenvalue weighted by atomic mass is 16.6. The summed E-state index contributed by atoms with van der Waals surface area (Å²) >= 11 is 0. The zero-order valence-corrected chi connectivity index (χ0v) is 13.9. The standard InChI is InChI=1S/C17H24N2O3/c1-11-8-14-10-19(16(21)22-17(3,4)5)7-6-13(14)9-15(11)18-12(2)20/h8-9H,6-7,10H2,1-5H3,(H,18,20). The molecule has 5 nitrogen and oxygen atoms in total. The van der Waals surface area contributed by atoms with E-state index in [1.54, 1.807) is 4.90 Å². The van der Waals surface area contributed by atoms with Crippen LogP contribution in [0.4, 0.5) is 10.5 Å². The number of aryl methyl sites for hydroxylation is 1. The Kier molecular flexibility index (Phi) is 4.44. The first-order chi connectivity index (χ1) is 10.2. The van der Waals surface area contributed by atoms with Crippen LogP contribution in [0.25, 0.3) is 0 Å². The molecule has 1 aliphatic rings. The van der Waals surface area contributed by atoms with Crippen molar-refractivity contribution in [2.45, 2.75) is 53.2 Å². The average Bonchev–Trinajstić information content (AvgIpc) is 2.36. The molecule has 1 heterocycles. The van der Waals surface area contributed by atoms with Gasteiger partial charge >= 0.3 is 6.09 Å². The van der Waals surface area contributed by atoms with E-state index in [0.29, 0.717) is 13.1 Å². The van der Waals surface area contributed by atoms with Crippen LogP contribution in [-0.2, 0) is 22.5 Å². The summed E-state index contributed by atoms with van der Waals surface area (Å²) in [5, 5.41) is 2.84. The van der Waals surface area contributed by atoms with Gasteiger partial charge in [0.25, 0.3) is 0 Å². The summed E-state index contributed by atoms with van der Waals surface area (Å²) < 4.78 is 5.43. The van der Waals surface area contributed by atoms with Gasteiger partial charge in [-0.3, -0.25) is 4.79 Å². The predicted octanol–water partition coefficient (Wildman–Crippen LogP) is 3.25. The van der Waals surface area contributed by atoms with Gasteiger partial charge in [0.1, 0.15) is 5.60 Å². The Hall–Kier alpha value is -2.04. The lowest BCUT2D eigenvalue weighted by Crippen LogP contribution is -2.39. The van der Waals surface area contributed by atoms with E-state index < -0.39 is 5.60 Å². The van der Waals surface area contributed by atoms with Crippen LogP contribution < -0.4 is 5.32 Å². The number of rotatable bonds is 1. The molecular weight excluding hydrogens is 280 g/mol.